The normalized spacial score (nSPS) is 19.3. The Morgan fingerprint density at radius 3 is 2.04 bits per heavy atom. The molecule has 0 aromatic rings. The van der Waals surface area contributed by atoms with Gasteiger partial charge in [0.2, 0.25) is 0 Å². The van der Waals surface area contributed by atoms with Gasteiger partial charge < -0.3 is 9.47 Å². The lowest BCUT2D eigenvalue weighted by Gasteiger charge is -2.32. The zero-order valence-corrected chi connectivity index (χ0v) is 15.7. The van der Waals surface area contributed by atoms with E-state index >= 15 is 0 Å². The standard InChI is InChI=1S/C19H34O4/c1-14(2)22-16(20)19(6,17(21)23-18(3,4)5)13-12-15-10-8-7-9-11-15/h14-15H,7-13H2,1-6H3. The van der Waals surface area contributed by atoms with Gasteiger partial charge in [-0.05, 0) is 60.3 Å². The molecule has 0 aliphatic heterocycles. The highest BCUT2D eigenvalue weighted by atomic mass is 16.6. The average molecular weight is 326 g/mol. The van der Waals surface area contributed by atoms with E-state index in [-0.39, 0.29) is 6.10 Å². The van der Waals surface area contributed by atoms with Crippen molar-refractivity contribution in [3.05, 3.63) is 0 Å². The van der Waals surface area contributed by atoms with Gasteiger partial charge in [-0.3, -0.25) is 9.59 Å². The number of carbonyl (C=O) groups is 2. The molecule has 0 N–H and O–H groups in total. The van der Waals surface area contributed by atoms with Gasteiger partial charge in [0, 0.05) is 0 Å². The minimum absolute atomic E-state index is 0.237. The van der Waals surface area contributed by atoms with Gasteiger partial charge in [0.25, 0.3) is 0 Å². The fourth-order valence-corrected chi connectivity index (χ4v) is 2.99. The first kappa shape index (κ1) is 20.0. The SMILES string of the molecule is CC(C)OC(=O)C(C)(CCC1CCCCC1)C(=O)OC(C)(C)C. The van der Waals surface area contributed by atoms with Gasteiger partial charge in [0.1, 0.15) is 5.60 Å². The summed E-state index contributed by atoms with van der Waals surface area (Å²) < 4.78 is 10.9. The molecule has 1 atom stereocenters. The zero-order valence-electron chi connectivity index (χ0n) is 15.7. The molecule has 1 unspecified atom stereocenters. The predicted molar refractivity (Wildman–Crippen MR) is 91.0 cm³/mol. The van der Waals surface area contributed by atoms with E-state index in [1.165, 1.54) is 32.1 Å². The Morgan fingerprint density at radius 2 is 1.57 bits per heavy atom. The summed E-state index contributed by atoms with van der Waals surface area (Å²) in [6, 6.07) is 0. The van der Waals surface area contributed by atoms with Crippen molar-refractivity contribution < 1.29 is 19.1 Å². The third-order valence-corrected chi connectivity index (χ3v) is 4.42. The van der Waals surface area contributed by atoms with E-state index in [9.17, 15) is 9.59 Å². The average Bonchev–Trinajstić information content (AvgIpc) is 2.43. The summed E-state index contributed by atoms with van der Waals surface area (Å²) in [5.74, 6) is -0.318. The lowest BCUT2D eigenvalue weighted by molar-refractivity contribution is -0.181. The highest BCUT2D eigenvalue weighted by Crippen LogP contribution is 2.35. The van der Waals surface area contributed by atoms with E-state index in [2.05, 4.69) is 0 Å². The summed E-state index contributed by atoms with van der Waals surface area (Å²) >= 11 is 0. The molecule has 0 aromatic carbocycles. The van der Waals surface area contributed by atoms with Crippen molar-refractivity contribution in [1.29, 1.82) is 0 Å². The van der Waals surface area contributed by atoms with Crippen molar-refractivity contribution in [2.24, 2.45) is 11.3 Å². The minimum Gasteiger partial charge on any atom is -0.462 e. The van der Waals surface area contributed by atoms with Crippen LogP contribution in [-0.2, 0) is 19.1 Å². The zero-order chi connectivity index (χ0) is 17.7. The molecule has 0 spiro atoms. The first-order valence-corrected chi connectivity index (χ1v) is 8.99. The molecular formula is C19H34O4. The number of rotatable bonds is 6. The first-order valence-electron chi connectivity index (χ1n) is 8.99. The Bertz CT molecular complexity index is 402. The molecule has 1 saturated carbocycles. The molecule has 0 amide bonds. The lowest BCUT2D eigenvalue weighted by Crippen LogP contribution is -2.43. The highest BCUT2D eigenvalue weighted by molar-refractivity contribution is 5.99. The summed E-state index contributed by atoms with van der Waals surface area (Å²) in [6.45, 7) is 10.7. The van der Waals surface area contributed by atoms with Crippen LogP contribution in [0.3, 0.4) is 0 Å². The molecule has 0 radical (unpaired) electrons. The third-order valence-electron chi connectivity index (χ3n) is 4.42. The summed E-state index contributed by atoms with van der Waals surface area (Å²) in [6.07, 6.45) is 7.34. The van der Waals surface area contributed by atoms with E-state index in [1.807, 2.05) is 20.8 Å². The van der Waals surface area contributed by atoms with Crippen molar-refractivity contribution in [2.45, 2.75) is 98.2 Å². The summed E-state index contributed by atoms with van der Waals surface area (Å²) in [7, 11) is 0. The Kier molecular flexibility index (Phi) is 7.09. The molecule has 0 saturated heterocycles. The van der Waals surface area contributed by atoms with Gasteiger partial charge in [0.15, 0.2) is 5.41 Å². The van der Waals surface area contributed by atoms with Crippen LogP contribution < -0.4 is 0 Å². The number of hydrogen-bond acceptors (Lipinski definition) is 4. The largest absolute Gasteiger partial charge is 0.462 e. The smallest absolute Gasteiger partial charge is 0.323 e. The number of esters is 2. The molecule has 23 heavy (non-hydrogen) atoms. The number of carbonyl (C=O) groups excluding carboxylic acids is 2. The Labute approximate surface area is 141 Å². The first-order chi connectivity index (χ1) is 10.5. The summed E-state index contributed by atoms with van der Waals surface area (Å²) in [4.78, 5) is 25.2. The molecule has 4 heteroatoms. The van der Waals surface area contributed by atoms with Gasteiger partial charge in [-0.2, -0.15) is 0 Å². The maximum atomic E-state index is 12.7. The maximum absolute atomic E-state index is 12.7. The monoisotopic (exact) mass is 326 g/mol. The fourth-order valence-electron chi connectivity index (χ4n) is 2.99. The molecule has 0 aromatic heterocycles. The van der Waals surface area contributed by atoms with Crippen molar-refractivity contribution in [3.8, 4) is 0 Å². The van der Waals surface area contributed by atoms with Crippen molar-refractivity contribution in [3.63, 3.8) is 0 Å². The third kappa shape index (κ3) is 6.52. The molecule has 134 valence electrons. The highest BCUT2D eigenvalue weighted by Gasteiger charge is 2.46. The van der Waals surface area contributed by atoms with Crippen LogP contribution >= 0.6 is 0 Å². The Morgan fingerprint density at radius 1 is 1.00 bits per heavy atom. The van der Waals surface area contributed by atoms with Crippen molar-refractivity contribution in [2.75, 3.05) is 0 Å². The van der Waals surface area contributed by atoms with E-state index in [0.717, 1.165) is 6.42 Å². The van der Waals surface area contributed by atoms with Crippen LogP contribution in [0, 0.1) is 11.3 Å². The second-order valence-electron chi connectivity index (χ2n) is 8.33. The van der Waals surface area contributed by atoms with Crippen LogP contribution in [0.1, 0.15) is 86.5 Å². The molecule has 0 heterocycles. The fraction of sp³-hybridized carbons (Fsp3) is 0.895. The van der Waals surface area contributed by atoms with E-state index in [4.69, 9.17) is 9.47 Å². The van der Waals surface area contributed by atoms with Crippen LogP contribution in [-0.4, -0.2) is 23.6 Å². The minimum atomic E-state index is -1.21. The van der Waals surface area contributed by atoms with Crippen molar-refractivity contribution in [1.82, 2.24) is 0 Å². The second-order valence-corrected chi connectivity index (χ2v) is 8.33. The number of ether oxygens (including phenoxy) is 2. The van der Waals surface area contributed by atoms with E-state index in [1.54, 1.807) is 20.8 Å². The van der Waals surface area contributed by atoms with Gasteiger partial charge in [0.05, 0.1) is 6.10 Å². The van der Waals surface area contributed by atoms with Crippen molar-refractivity contribution >= 4 is 11.9 Å². The van der Waals surface area contributed by atoms with Crippen LogP contribution in [0.25, 0.3) is 0 Å². The molecule has 1 fully saturated rings. The second kappa shape index (κ2) is 8.16. The van der Waals surface area contributed by atoms with Crippen LogP contribution in [0.4, 0.5) is 0 Å². The topological polar surface area (TPSA) is 52.6 Å². The van der Waals surface area contributed by atoms with E-state index in [0.29, 0.717) is 12.3 Å². The molecule has 4 nitrogen and oxygen atoms in total. The van der Waals surface area contributed by atoms with Gasteiger partial charge in [-0.15, -0.1) is 0 Å². The molecule has 1 aliphatic rings. The van der Waals surface area contributed by atoms with Crippen LogP contribution in [0.5, 0.6) is 0 Å². The van der Waals surface area contributed by atoms with Gasteiger partial charge in [-0.1, -0.05) is 32.1 Å². The predicted octanol–water partition coefficient (Wildman–Crippen LogP) is 4.65. The van der Waals surface area contributed by atoms with Gasteiger partial charge in [-0.25, -0.2) is 0 Å². The molecular weight excluding hydrogens is 292 g/mol. The quantitative estimate of drug-likeness (QED) is 0.527. The summed E-state index contributed by atoms with van der Waals surface area (Å²) in [5.41, 5.74) is -1.82. The molecule has 1 rings (SSSR count). The molecule has 0 bridgehead atoms. The van der Waals surface area contributed by atoms with E-state index < -0.39 is 23.0 Å². The Balaban J connectivity index is 2.81. The van der Waals surface area contributed by atoms with Crippen LogP contribution in [0.2, 0.25) is 0 Å². The maximum Gasteiger partial charge on any atom is 0.323 e. The molecule has 1 aliphatic carbocycles. The lowest BCUT2D eigenvalue weighted by atomic mass is 9.78. The summed E-state index contributed by atoms with van der Waals surface area (Å²) in [5, 5.41) is 0. The van der Waals surface area contributed by atoms with Crippen LogP contribution in [0.15, 0.2) is 0 Å². The van der Waals surface area contributed by atoms with Gasteiger partial charge >= 0.3 is 11.9 Å². The number of hydrogen-bond donors (Lipinski definition) is 0. The Hall–Kier alpha value is -1.06.